The Balaban J connectivity index is 1.60. The predicted octanol–water partition coefficient (Wildman–Crippen LogP) is 3.56. The van der Waals surface area contributed by atoms with Gasteiger partial charge in [-0.25, -0.2) is 9.07 Å². The van der Waals surface area contributed by atoms with Crippen LogP contribution in [0.1, 0.15) is 23.1 Å². The molecular formula is C25H26B2FN3. The van der Waals surface area contributed by atoms with Gasteiger partial charge in [-0.1, -0.05) is 30.3 Å². The highest BCUT2D eigenvalue weighted by Crippen LogP contribution is 2.40. The van der Waals surface area contributed by atoms with E-state index >= 15 is 0 Å². The summed E-state index contributed by atoms with van der Waals surface area (Å²) >= 11 is 0. The van der Waals surface area contributed by atoms with Crippen LogP contribution in [0.25, 0.3) is 16.6 Å². The smallest absolute Gasteiger partial charge is 0.161 e. The van der Waals surface area contributed by atoms with Gasteiger partial charge in [0.15, 0.2) is 7.31 Å². The van der Waals surface area contributed by atoms with Crippen molar-refractivity contribution in [2.24, 2.45) is 0 Å². The highest BCUT2D eigenvalue weighted by atomic mass is 19.1. The first-order valence-corrected chi connectivity index (χ1v) is 11.1. The van der Waals surface area contributed by atoms with Crippen LogP contribution in [0.5, 0.6) is 0 Å². The summed E-state index contributed by atoms with van der Waals surface area (Å²) < 4.78 is 15.3. The van der Waals surface area contributed by atoms with E-state index in [4.69, 9.17) is 0 Å². The summed E-state index contributed by atoms with van der Waals surface area (Å²) in [6.07, 6.45) is 4.14. The van der Waals surface area contributed by atoms with Crippen LogP contribution in [0.15, 0.2) is 72.9 Å². The van der Waals surface area contributed by atoms with E-state index < -0.39 is 0 Å². The Kier molecular flexibility index (Phi) is 5.19. The minimum atomic E-state index is -0.233. The molecule has 3 aromatic carbocycles. The van der Waals surface area contributed by atoms with E-state index in [9.17, 15) is 4.39 Å². The van der Waals surface area contributed by atoms with Gasteiger partial charge < -0.3 is 4.81 Å². The third-order valence-corrected chi connectivity index (χ3v) is 6.82. The molecule has 4 aromatic rings. The zero-order chi connectivity index (χ0) is 21.4. The van der Waals surface area contributed by atoms with Gasteiger partial charge in [0.2, 0.25) is 0 Å². The van der Waals surface area contributed by atoms with Gasteiger partial charge in [-0.15, -0.1) is 0 Å². The second kappa shape index (κ2) is 8.01. The van der Waals surface area contributed by atoms with E-state index in [2.05, 4.69) is 67.0 Å². The minimum absolute atomic E-state index is 0.105. The van der Waals surface area contributed by atoms with Crippen molar-refractivity contribution < 1.29 is 4.39 Å². The van der Waals surface area contributed by atoms with Gasteiger partial charge >= 0.3 is 0 Å². The van der Waals surface area contributed by atoms with E-state index in [1.54, 1.807) is 12.1 Å². The zero-order valence-electron chi connectivity index (χ0n) is 18.2. The highest BCUT2D eigenvalue weighted by molar-refractivity contribution is 6.87. The van der Waals surface area contributed by atoms with E-state index in [0.29, 0.717) is 0 Å². The van der Waals surface area contributed by atoms with Crippen molar-refractivity contribution in [1.29, 1.82) is 0 Å². The fraction of sp³-hybridized carbons (Fsp3) is 0.240. The number of halogens is 1. The Bertz CT molecular complexity index is 1210. The maximum absolute atomic E-state index is 13.4. The third kappa shape index (κ3) is 3.70. The lowest BCUT2D eigenvalue weighted by atomic mass is 9.65. The Morgan fingerprint density at radius 3 is 2.58 bits per heavy atom. The second-order valence-corrected chi connectivity index (χ2v) is 8.82. The van der Waals surface area contributed by atoms with Crippen molar-refractivity contribution in [3.8, 4) is 5.69 Å². The summed E-state index contributed by atoms with van der Waals surface area (Å²) in [5.74, 6) is -0.233. The van der Waals surface area contributed by atoms with Crippen LogP contribution in [-0.2, 0) is 11.8 Å². The number of benzene rings is 3. The molecule has 5 rings (SSSR count). The van der Waals surface area contributed by atoms with Gasteiger partial charge in [0.1, 0.15) is 5.82 Å². The van der Waals surface area contributed by atoms with Crippen molar-refractivity contribution >= 4 is 25.9 Å². The molecule has 0 bridgehead atoms. The molecule has 0 N–H and O–H groups in total. The molecule has 0 aliphatic carbocycles. The van der Waals surface area contributed by atoms with Crippen LogP contribution in [0.2, 0.25) is 0 Å². The average molecular weight is 409 g/mol. The average Bonchev–Trinajstić information content (AvgIpc) is 3.39. The van der Waals surface area contributed by atoms with Crippen LogP contribution >= 0.6 is 0 Å². The van der Waals surface area contributed by atoms with Crippen LogP contribution in [-0.4, -0.2) is 42.7 Å². The Morgan fingerprint density at radius 2 is 1.87 bits per heavy atom. The van der Waals surface area contributed by atoms with Crippen LogP contribution in [0, 0.1) is 12.7 Å². The minimum Gasteiger partial charge on any atom is -0.352 e. The van der Waals surface area contributed by atoms with Crippen molar-refractivity contribution in [3.63, 3.8) is 0 Å². The summed E-state index contributed by atoms with van der Waals surface area (Å²) in [7, 11) is 3.34. The molecule has 1 saturated heterocycles. The summed E-state index contributed by atoms with van der Waals surface area (Å²) in [6.45, 7) is 4.44. The molecule has 6 heteroatoms. The fourth-order valence-corrected chi connectivity index (χ4v) is 5.21. The van der Waals surface area contributed by atoms with Crippen molar-refractivity contribution in [3.05, 3.63) is 95.4 Å². The number of hydrogen-bond acceptors (Lipinski definition) is 2. The molecule has 1 unspecified atom stereocenters. The van der Waals surface area contributed by atoms with Gasteiger partial charge in [0.25, 0.3) is 0 Å². The Labute approximate surface area is 184 Å². The molecular weight excluding hydrogens is 383 g/mol. The first kappa shape index (κ1) is 20.1. The molecule has 1 fully saturated rings. The molecule has 0 radical (unpaired) electrons. The van der Waals surface area contributed by atoms with Gasteiger partial charge in [-0.3, -0.25) is 0 Å². The normalized spacial score (nSPS) is 19.2. The fourth-order valence-electron chi connectivity index (χ4n) is 5.21. The Morgan fingerprint density at radius 1 is 1.10 bits per heavy atom. The molecule has 1 atom stereocenters. The summed E-state index contributed by atoms with van der Waals surface area (Å²) in [6, 6.07) is 22.0. The predicted molar refractivity (Wildman–Crippen MR) is 129 cm³/mol. The van der Waals surface area contributed by atoms with Crippen molar-refractivity contribution in [2.45, 2.75) is 25.2 Å². The largest absolute Gasteiger partial charge is 0.352 e. The Hall–Kier alpha value is -2.85. The molecule has 3 nitrogen and oxygen atoms in total. The molecule has 0 spiro atoms. The van der Waals surface area contributed by atoms with E-state index in [1.807, 2.05) is 10.9 Å². The third-order valence-electron chi connectivity index (χ3n) is 6.82. The standard InChI is InChI=1S/C25H26B2FN3/c1-18-13-24-20(16-29-31(24)22-9-7-21(28)8-10-22)14-23(18)25(11-12-30(17-25)27-26)15-19-5-3-2-4-6-19/h2-10,13-14,16,27H,11-12,15,17,26H2,1H3. The quantitative estimate of drug-likeness (QED) is 0.471. The lowest BCUT2D eigenvalue weighted by Gasteiger charge is -2.32. The number of nitrogens with zero attached hydrogens (tertiary/aromatic N) is 3. The molecule has 154 valence electrons. The lowest BCUT2D eigenvalue weighted by molar-refractivity contribution is 0.430. The summed E-state index contributed by atoms with van der Waals surface area (Å²) in [5, 5.41) is 5.76. The molecule has 0 saturated carbocycles. The maximum atomic E-state index is 13.4. The summed E-state index contributed by atoms with van der Waals surface area (Å²) in [5.41, 5.74) is 6.16. The first-order chi connectivity index (χ1) is 15.1. The number of hydrogen-bond donors (Lipinski definition) is 0. The number of fused-ring (bicyclic) bond motifs is 1. The van der Waals surface area contributed by atoms with E-state index in [-0.39, 0.29) is 11.2 Å². The summed E-state index contributed by atoms with van der Waals surface area (Å²) in [4.78, 5) is 2.56. The van der Waals surface area contributed by atoms with Gasteiger partial charge in [-0.05, 0) is 85.9 Å². The lowest BCUT2D eigenvalue weighted by Crippen LogP contribution is -2.35. The van der Waals surface area contributed by atoms with Gasteiger partial charge in [-0.2, -0.15) is 5.10 Å². The van der Waals surface area contributed by atoms with Crippen molar-refractivity contribution in [2.75, 3.05) is 13.1 Å². The molecule has 1 aliphatic heterocycles. The molecule has 2 heterocycles. The van der Waals surface area contributed by atoms with Gasteiger partial charge in [0.05, 0.1) is 25.1 Å². The number of aromatic nitrogens is 2. The van der Waals surface area contributed by atoms with E-state index in [1.165, 1.54) is 28.8 Å². The maximum Gasteiger partial charge on any atom is 0.161 e. The molecule has 31 heavy (non-hydrogen) atoms. The SMILES string of the molecule is BBN1CCC(Cc2ccccc2)(c2cc3cnn(-c4ccc(F)cc4)c3cc2C)C1. The van der Waals surface area contributed by atoms with Crippen LogP contribution in [0.4, 0.5) is 4.39 Å². The van der Waals surface area contributed by atoms with Crippen molar-refractivity contribution in [1.82, 2.24) is 14.6 Å². The van der Waals surface area contributed by atoms with Crippen LogP contribution < -0.4 is 0 Å². The topological polar surface area (TPSA) is 21.1 Å². The molecule has 1 aliphatic rings. The first-order valence-electron chi connectivity index (χ1n) is 11.1. The zero-order valence-corrected chi connectivity index (χ0v) is 18.2. The van der Waals surface area contributed by atoms with Gasteiger partial charge in [0, 0.05) is 10.8 Å². The highest BCUT2D eigenvalue weighted by Gasteiger charge is 2.40. The number of rotatable bonds is 5. The second-order valence-electron chi connectivity index (χ2n) is 8.82. The molecule has 1 aromatic heterocycles. The van der Waals surface area contributed by atoms with E-state index in [0.717, 1.165) is 49.8 Å². The number of aryl methyl sites for hydroxylation is 1. The monoisotopic (exact) mass is 409 g/mol. The molecule has 0 amide bonds. The van der Waals surface area contributed by atoms with Crippen LogP contribution in [0.3, 0.4) is 0 Å².